The zero-order chi connectivity index (χ0) is 13.9. The highest BCUT2D eigenvalue weighted by Crippen LogP contribution is 2.32. The summed E-state index contributed by atoms with van der Waals surface area (Å²) in [6.07, 6.45) is 1.23. The summed E-state index contributed by atoms with van der Waals surface area (Å²) in [6.45, 7) is 13.9. The summed E-state index contributed by atoms with van der Waals surface area (Å²) < 4.78 is 1.26. The molecule has 0 unspecified atom stereocenters. The van der Waals surface area contributed by atoms with E-state index < -0.39 is 0 Å². The SMILES string of the molecule is CC(C)c1cc(C(C)C)c(C[CH2][Mg])c(C(C)C)c1. The van der Waals surface area contributed by atoms with Gasteiger partial charge in [0.1, 0.15) is 0 Å². The van der Waals surface area contributed by atoms with Gasteiger partial charge < -0.3 is 0 Å². The molecule has 1 heteroatoms. The van der Waals surface area contributed by atoms with Crippen LogP contribution in [-0.2, 0) is 6.42 Å². The van der Waals surface area contributed by atoms with E-state index in [-0.39, 0.29) is 0 Å². The van der Waals surface area contributed by atoms with E-state index in [1.807, 2.05) is 0 Å². The van der Waals surface area contributed by atoms with Crippen molar-refractivity contribution in [1.29, 1.82) is 0 Å². The van der Waals surface area contributed by atoms with Crippen molar-refractivity contribution in [1.82, 2.24) is 0 Å². The van der Waals surface area contributed by atoms with Gasteiger partial charge in [0.15, 0.2) is 0 Å². The molecule has 0 heterocycles. The average molecular weight is 256 g/mol. The van der Waals surface area contributed by atoms with Crippen LogP contribution in [0, 0.1) is 0 Å². The van der Waals surface area contributed by atoms with Gasteiger partial charge in [-0.3, -0.25) is 0 Å². The highest BCUT2D eigenvalue weighted by molar-refractivity contribution is 6.08. The average Bonchev–Trinajstić information content (AvgIpc) is 2.28. The van der Waals surface area contributed by atoms with Gasteiger partial charge in [0.2, 0.25) is 21.7 Å². The van der Waals surface area contributed by atoms with Crippen molar-refractivity contribution in [3.63, 3.8) is 0 Å². The van der Waals surface area contributed by atoms with E-state index >= 15 is 0 Å². The first-order valence-corrected chi connectivity index (χ1v) is 8.34. The Morgan fingerprint density at radius 1 is 0.833 bits per heavy atom. The largest absolute Gasteiger partial charge is 0.222 e. The van der Waals surface area contributed by atoms with Crippen LogP contribution in [0.5, 0.6) is 0 Å². The van der Waals surface area contributed by atoms with Gasteiger partial charge in [-0.15, -0.1) is 0 Å². The lowest BCUT2D eigenvalue weighted by molar-refractivity contribution is 0.779. The smallest absolute Gasteiger partial charge is 0.173 e. The number of rotatable bonds is 5. The maximum absolute atomic E-state index is 2.45. The molecule has 97 valence electrons. The normalized spacial score (nSPS) is 11.8. The van der Waals surface area contributed by atoms with Gasteiger partial charge in [0, 0.05) is 0 Å². The molecule has 1 aromatic rings. The molecule has 0 bridgehead atoms. The molecular weight excluding hydrogens is 228 g/mol. The summed E-state index contributed by atoms with van der Waals surface area (Å²) in [5.74, 6) is 1.88. The van der Waals surface area contributed by atoms with Gasteiger partial charge in [-0.25, -0.2) is 0 Å². The molecule has 0 atom stereocenters. The lowest BCUT2D eigenvalue weighted by atomic mass is 9.83. The van der Waals surface area contributed by atoms with Gasteiger partial charge in [-0.1, -0.05) is 60.1 Å². The lowest BCUT2D eigenvalue weighted by Gasteiger charge is -2.23. The van der Waals surface area contributed by atoms with Crippen molar-refractivity contribution in [2.45, 2.75) is 70.3 Å². The quantitative estimate of drug-likeness (QED) is 0.636. The molecule has 0 aliphatic rings. The molecule has 0 amide bonds. The van der Waals surface area contributed by atoms with Gasteiger partial charge in [0.05, 0.1) is 0 Å². The Morgan fingerprint density at radius 2 is 1.28 bits per heavy atom. The van der Waals surface area contributed by atoms with Crippen LogP contribution in [0.2, 0.25) is 4.55 Å². The molecule has 0 aliphatic carbocycles. The van der Waals surface area contributed by atoms with Crippen molar-refractivity contribution in [3.05, 3.63) is 34.4 Å². The Kier molecular flexibility index (Phi) is 6.20. The Hall–Kier alpha value is -0.0138. The van der Waals surface area contributed by atoms with Crippen molar-refractivity contribution in [2.75, 3.05) is 0 Å². The molecule has 1 rings (SSSR count). The minimum absolute atomic E-state index is 0.623. The summed E-state index contributed by atoms with van der Waals surface area (Å²) >= 11 is 2.09. The van der Waals surface area contributed by atoms with Crippen LogP contribution in [0.15, 0.2) is 12.1 Å². The molecule has 0 aromatic heterocycles. The van der Waals surface area contributed by atoms with Crippen LogP contribution in [0.4, 0.5) is 0 Å². The van der Waals surface area contributed by atoms with Gasteiger partial charge in [-0.2, -0.15) is 4.55 Å². The topological polar surface area (TPSA) is 0 Å². The van der Waals surface area contributed by atoms with Gasteiger partial charge >= 0.3 is 0 Å². The highest BCUT2D eigenvalue weighted by atomic mass is 24.4. The van der Waals surface area contributed by atoms with Gasteiger partial charge in [0.25, 0.3) is 0 Å². The first-order valence-electron chi connectivity index (χ1n) is 7.34. The van der Waals surface area contributed by atoms with E-state index in [2.05, 4.69) is 75.4 Å². The van der Waals surface area contributed by atoms with E-state index in [4.69, 9.17) is 0 Å². The molecule has 0 saturated carbocycles. The van der Waals surface area contributed by atoms with Crippen LogP contribution < -0.4 is 0 Å². The van der Waals surface area contributed by atoms with Crippen molar-refractivity contribution in [2.24, 2.45) is 0 Å². The van der Waals surface area contributed by atoms with Crippen LogP contribution in [0.1, 0.15) is 81.5 Å². The van der Waals surface area contributed by atoms with E-state index in [0.717, 1.165) is 0 Å². The second kappa shape index (κ2) is 6.95. The molecule has 0 nitrogen and oxygen atoms in total. The van der Waals surface area contributed by atoms with Crippen molar-refractivity contribution < 1.29 is 0 Å². The second-order valence-electron chi connectivity index (χ2n) is 6.25. The van der Waals surface area contributed by atoms with Crippen molar-refractivity contribution >= 4 is 21.7 Å². The summed E-state index contributed by atoms with van der Waals surface area (Å²) in [4.78, 5) is 0. The fraction of sp³-hybridized carbons (Fsp3) is 0.647. The van der Waals surface area contributed by atoms with Crippen LogP contribution in [0.25, 0.3) is 0 Å². The monoisotopic (exact) mass is 255 g/mol. The van der Waals surface area contributed by atoms with Crippen LogP contribution >= 0.6 is 0 Å². The zero-order valence-corrected chi connectivity index (χ0v) is 14.4. The third-order valence-electron chi connectivity index (χ3n) is 3.68. The Balaban J connectivity index is 3.44. The maximum Gasteiger partial charge on any atom is 0.222 e. The Bertz CT molecular complexity index is 360. The minimum atomic E-state index is 0.623. The summed E-state index contributed by atoms with van der Waals surface area (Å²) in [6, 6.07) is 4.91. The third-order valence-corrected chi connectivity index (χ3v) is 4.03. The second-order valence-corrected chi connectivity index (χ2v) is 6.95. The first kappa shape index (κ1) is 16.0. The fourth-order valence-corrected chi connectivity index (χ4v) is 2.92. The Morgan fingerprint density at radius 3 is 1.56 bits per heavy atom. The summed E-state index contributed by atoms with van der Waals surface area (Å²) in [5, 5.41) is 0. The number of benzene rings is 1. The van der Waals surface area contributed by atoms with Gasteiger partial charge in [-0.05, 0) is 40.0 Å². The molecule has 18 heavy (non-hydrogen) atoms. The highest BCUT2D eigenvalue weighted by Gasteiger charge is 2.15. The Labute approximate surface area is 126 Å². The lowest BCUT2D eigenvalue weighted by Crippen LogP contribution is -2.06. The third kappa shape index (κ3) is 3.74. The van der Waals surface area contributed by atoms with E-state index in [9.17, 15) is 0 Å². The molecule has 0 N–H and O–H groups in total. The predicted molar refractivity (Wildman–Crippen MR) is 83.0 cm³/mol. The zero-order valence-electron chi connectivity index (χ0n) is 13.0. The maximum atomic E-state index is 2.45. The first-order chi connectivity index (χ1) is 8.38. The van der Waals surface area contributed by atoms with E-state index in [0.29, 0.717) is 17.8 Å². The standard InChI is InChI=1S/C17H27.Mg/c1-8-15-16(12(4)5)9-14(11(2)3)10-17(15)13(6)7;/h9-13H,1,8H2,2-7H3;. The molecule has 0 spiro atoms. The van der Waals surface area contributed by atoms with Crippen molar-refractivity contribution in [3.8, 4) is 0 Å². The molecule has 1 aromatic carbocycles. The molecular formula is C17H27Mg. The number of hydrogen-bond donors (Lipinski definition) is 0. The fourth-order valence-electron chi connectivity index (χ4n) is 2.57. The van der Waals surface area contributed by atoms with E-state index in [1.54, 1.807) is 16.7 Å². The van der Waals surface area contributed by atoms with Crippen LogP contribution in [-0.4, -0.2) is 21.7 Å². The van der Waals surface area contributed by atoms with E-state index in [1.165, 1.54) is 16.5 Å². The van der Waals surface area contributed by atoms with Crippen LogP contribution in [0.3, 0.4) is 0 Å². The molecule has 1 radical (unpaired) electrons. The summed E-state index contributed by atoms with van der Waals surface area (Å²) in [7, 11) is 0. The number of hydrogen-bond acceptors (Lipinski definition) is 0. The minimum Gasteiger partial charge on any atom is -0.173 e. The molecule has 0 saturated heterocycles. The summed E-state index contributed by atoms with van der Waals surface area (Å²) in [5.41, 5.74) is 6.29. The predicted octanol–water partition coefficient (Wildman–Crippen LogP) is 5.19. The molecule has 0 aliphatic heterocycles. The molecule has 0 fully saturated rings.